The van der Waals surface area contributed by atoms with E-state index in [1.165, 1.54) is 7.11 Å². The first-order chi connectivity index (χ1) is 18.9. The molecule has 0 N–H and O–H groups in total. The number of pyridine rings is 1. The molecule has 0 spiro atoms. The van der Waals surface area contributed by atoms with Gasteiger partial charge in [0.2, 0.25) is 0 Å². The Balaban J connectivity index is 0.00000127. The number of methoxy groups -OCH3 is 1. The Labute approximate surface area is 230 Å². The van der Waals surface area contributed by atoms with Crippen LogP contribution in [-0.2, 0) is 19.1 Å². The Morgan fingerprint density at radius 2 is 1.51 bits per heavy atom. The van der Waals surface area contributed by atoms with Crippen LogP contribution < -0.4 is 9.64 Å². The van der Waals surface area contributed by atoms with E-state index in [0.717, 1.165) is 44.7 Å². The summed E-state index contributed by atoms with van der Waals surface area (Å²) in [5.41, 5.74) is 6.30. The Morgan fingerprint density at radius 1 is 0.897 bits per heavy atom. The molecule has 4 rings (SSSR count). The number of fused-ring (bicyclic) bond motifs is 1. The van der Waals surface area contributed by atoms with Crippen molar-refractivity contribution in [2.45, 2.75) is 39.3 Å². The van der Waals surface area contributed by atoms with Crippen molar-refractivity contribution in [1.29, 1.82) is 0 Å². The summed E-state index contributed by atoms with van der Waals surface area (Å²) in [7, 11) is 3.43. The summed E-state index contributed by atoms with van der Waals surface area (Å²) in [5.74, 6) is 0.548. The molecule has 7 heteroatoms. The molecule has 0 radical (unpaired) electrons. The Bertz CT molecular complexity index is 1350. The number of esters is 1. The number of rotatable bonds is 8. The van der Waals surface area contributed by atoms with E-state index in [9.17, 15) is 4.79 Å². The van der Waals surface area contributed by atoms with E-state index in [2.05, 4.69) is 48.0 Å². The van der Waals surface area contributed by atoms with Gasteiger partial charge >= 0.3 is 5.97 Å². The van der Waals surface area contributed by atoms with Gasteiger partial charge in [-0.3, -0.25) is 9.78 Å². The molecule has 0 aliphatic rings. The van der Waals surface area contributed by atoms with E-state index in [-0.39, 0.29) is 24.5 Å². The van der Waals surface area contributed by atoms with Gasteiger partial charge in [0.25, 0.3) is 0 Å². The van der Waals surface area contributed by atoms with Gasteiger partial charge in [-0.2, -0.15) is 0 Å². The molecule has 0 fully saturated rings. The normalized spacial score (nSPS) is 11.6. The van der Waals surface area contributed by atoms with Crippen LogP contribution in [0.4, 0.5) is 5.69 Å². The number of nitrogens with zero attached hydrogens (tertiary/aromatic N) is 2. The number of carbonyl (C=O) groups is 3. The SMILES string of the molecule is C=O.C=O.COC(=O)CC(c1ccccc1C)N(C)c1ccc(OC(C)c2cc(C)nc3ccccc23)cc1. The zero-order chi connectivity index (χ0) is 28.9. The van der Waals surface area contributed by atoms with E-state index in [1.54, 1.807) is 0 Å². The minimum absolute atomic E-state index is 0.135. The van der Waals surface area contributed by atoms with Crippen molar-refractivity contribution in [3.05, 3.63) is 101 Å². The van der Waals surface area contributed by atoms with Gasteiger partial charge in [-0.05, 0) is 68.3 Å². The molecule has 0 bridgehead atoms. The van der Waals surface area contributed by atoms with E-state index >= 15 is 0 Å². The zero-order valence-corrected chi connectivity index (χ0v) is 23.2. The summed E-state index contributed by atoms with van der Waals surface area (Å²) in [5, 5.41) is 1.10. The highest BCUT2D eigenvalue weighted by molar-refractivity contribution is 5.82. The topological polar surface area (TPSA) is 85.8 Å². The second-order valence-corrected chi connectivity index (χ2v) is 8.89. The quantitative estimate of drug-likeness (QED) is 0.246. The average Bonchev–Trinajstić information content (AvgIpc) is 2.98. The molecule has 204 valence electrons. The van der Waals surface area contributed by atoms with Gasteiger partial charge in [0.05, 0.1) is 25.1 Å². The van der Waals surface area contributed by atoms with Crippen LogP contribution in [0.15, 0.2) is 78.9 Å². The largest absolute Gasteiger partial charge is 0.486 e. The van der Waals surface area contributed by atoms with Gasteiger partial charge in [-0.25, -0.2) is 0 Å². The number of anilines is 1. The van der Waals surface area contributed by atoms with Gasteiger partial charge in [0, 0.05) is 29.4 Å². The first-order valence-electron chi connectivity index (χ1n) is 12.4. The van der Waals surface area contributed by atoms with Crippen molar-refractivity contribution in [3.63, 3.8) is 0 Å². The molecule has 0 aliphatic carbocycles. The Hall–Kier alpha value is -4.52. The number of para-hydroxylation sites is 1. The van der Waals surface area contributed by atoms with Crippen LogP contribution in [0.5, 0.6) is 5.75 Å². The third-order valence-corrected chi connectivity index (χ3v) is 6.47. The maximum Gasteiger partial charge on any atom is 0.307 e. The van der Waals surface area contributed by atoms with Crippen molar-refractivity contribution in [1.82, 2.24) is 4.98 Å². The van der Waals surface area contributed by atoms with Gasteiger partial charge in [-0.15, -0.1) is 0 Å². The number of hydrogen-bond acceptors (Lipinski definition) is 7. The molecular weight excluding hydrogens is 492 g/mol. The number of benzene rings is 3. The lowest BCUT2D eigenvalue weighted by Crippen LogP contribution is -2.27. The summed E-state index contributed by atoms with van der Waals surface area (Å²) in [4.78, 5) is 35.0. The first kappa shape index (κ1) is 30.7. The van der Waals surface area contributed by atoms with E-state index in [0.29, 0.717) is 0 Å². The van der Waals surface area contributed by atoms with E-state index in [1.807, 2.05) is 82.1 Å². The van der Waals surface area contributed by atoms with Crippen LogP contribution in [0, 0.1) is 13.8 Å². The van der Waals surface area contributed by atoms with Gasteiger partial charge in [0.15, 0.2) is 0 Å². The Kier molecular flexibility index (Phi) is 11.8. The Morgan fingerprint density at radius 3 is 2.15 bits per heavy atom. The number of carbonyl (C=O) groups excluding carboxylic acids is 3. The smallest absolute Gasteiger partial charge is 0.307 e. The third kappa shape index (κ3) is 7.74. The number of aryl methyl sites for hydroxylation is 2. The van der Waals surface area contributed by atoms with Crippen LogP contribution >= 0.6 is 0 Å². The lowest BCUT2D eigenvalue weighted by Gasteiger charge is -2.31. The van der Waals surface area contributed by atoms with Crippen LogP contribution in [0.3, 0.4) is 0 Å². The summed E-state index contributed by atoms with van der Waals surface area (Å²) in [6.07, 6.45) is 0.131. The fourth-order valence-corrected chi connectivity index (χ4v) is 4.54. The summed E-state index contributed by atoms with van der Waals surface area (Å²) >= 11 is 0. The highest BCUT2D eigenvalue weighted by Crippen LogP contribution is 2.33. The summed E-state index contributed by atoms with van der Waals surface area (Å²) in [6, 6.07) is 26.3. The molecule has 2 unspecified atom stereocenters. The molecule has 0 aliphatic heterocycles. The molecule has 4 aromatic rings. The van der Waals surface area contributed by atoms with Crippen molar-refractivity contribution in [2.75, 3.05) is 19.1 Å². The lowest BCUT2D eigenvalue weighted by molar-refractivity contribution is -0.141. The van der Waals surface area contributed by atoms with Crippen LogP contribution in [0.1, 0.15) is 47.9 Å². The molecule has 7 nitrogen and oxygen atoms in total. The van der Waals surface area contributed by atoms with Crippen LogP contribution in [-0.4, -0.2) is 38.7 Å². The van der Waals surface area contributed by atoms with Gasteiger partial charge in [-0.1, -0.05) is 42.5 Å². The summed E-state index contributed by atoms with van der Waals surface area (Å²) in [6.45, 7) is 10.1. The highest BCUT2D eigenvalue weighted by Gasteiger charge is 2.23. The third-order valence-electron chi connectivity index (χ3n) is 6.47. The molecule has 1 heterocycles. The maximum atomic E-state index is 12.2. The zero-order valence-electron chi connectivity index (χ0n) is 23.2. The van der Waals surface area contributed by atoms with Crippen molar-refractivity contribution < 1.29 is 23.9 Å². The standard InChI is InChI=1S/C30H32N2O3.2CH2O/c1-20-10-6-7-11-25(20)29(19-30(33)34-5)32(4)23-14-16-24(17-15-23)35-22(3)27-18-21(2)31-28-13-9-8-12-26(27)28;2*1-2/h6-18,22,29H,19H2,1-5H3;2*1H2. The van der Waals surface area contributed by atoms with E-state index < -0.39 is 0 Å². The number of ether oxygens (including phenoxy) is 2. The minimum atomic E-state index is -0.237. The second-order valence-electron chi connectivity index (χ2n) is 8.89. The molecular formula is C32H36N2O5. The molecule has 0 amide bonds. The molecule has 2 atom stereocenters. The minimum Gasteiger partial charge on any atom is -0.486 e. The monoisotopic (exact) mass is 528 g/mol. The first-order valence-corrected chi connectivity index (χ1v) is 12.4. The molecule has 3 aromatic carbocycles. The van der Waals surface area contributed by atoms with Crippen molar-refractivity contribution in [2.24, 2.45) is 0 Å². The number of hydrogen-bond donors (Lipinski definition) is 0. The van der Waals surface area contributed by atoms with Crippen molar-refractivity contribution >= 4 is 36.1 Å². The second kappa shape index (κ2) is 15.0. The number of aromatic nitrogens is 1. The lowest BCUT2D eigenvalue weighted by atomic mass is 9.97. The fraction of sp³-hybridized carbons (Fsp3) is 0.250. The molecule has 39 heavy (non-hydrogen) atoms. The predicted molar refractivity (Wildman–Crippen MR) is 155 cm³/mol. The van der Waals surface area contributed by atoms with E-state index in [4.69, 9.17) is 19.1 Å². The van der Waals surface area contributed by atoms with Gasteiger partial charge < -0.3 is 24.0 Å². The maximum absolute atomic E-state index is 12.2. The van der Waals surface area contributed by atoms with Gasteiger partial charge in [0.1, 0.15) is 25.4 Å². The molecule has 0 saturated heterocycles. The van der Waals surface area contributed by atoms with Crippen LogP contribution in [0.25, 0.3) is 10.9 Å². The summed E-state index contributed by atoms with van der Waals surface area (Å²) < 4.78 is 11.3. The fourth-order valence-electron chi connectivity index (χ4n) is 4.54. The molecule has 1 aromatic heterocycles. The van der Waals surface area contributed by atoms with Crippen molar-refractivity contribution in [3.8, 4) is 5.75 Å². The average molecular weight is 529 g/mol. The predicted octanol–water partition coefficient (Wildman–Crippen LogP) is 6.36. The molecule has 0 saturated carbocycles. The highest BCUT2D eigenvalue weighted by atomic mass is 16.5. The van der Waals surface area contributed by atoms with Crippen LogP contribution in [0.2, 0.25) is 0 Å².